The van der Waals surface area contributed by atoms with E-state index in [1.807, 2.05) is 24.3 Å². The number of carbonyl (C=O) groups excluding carboxylic acids is 2. The largest absolute Gasteiger partial charge is 0.497 e. The number of carbonyl (C=O) groups is 2. The first kappa shape index (κ1) is 20.2. The Morgan fingerprint density at radius 3 is 2.50 bits per heavy atom. The van der Waals surface area contributed by atoms with E-state index >= 15 is 0 Å². The minimum Gasteiger partial charge on any atom is -0.497 e. The van der Waals surface area contributed by atoms with Crippen LogP contribution in [0.4, 0.5) is 4.79 Å². The van der Waals surface area contributed by atoms with E-state index in [4.69, 9.17) is 10.5 Å². The molecule has 1 heterocycles. The number of hydrogen-bond donors (Lipinski definition) is 2. The molecule has 150 valence electrons. The lowest BCUT2D eigenvalue weighted by Gasteiger charge is -2.26. The van der Waals surface area contributed by atoms with E-state index in [1.165, 1.54) is 18.2 Å². The summed E-state index contributed by atoms with van der Waals surface area (Å²) in [7, 11) is 1.63. The van der Waals surface area contributed by atoms with Gasteiger partial charge in [0, 0.05) is 11.6 Å². The number of nitrogens with two attached hydrogens (primary N) is 1. The lowest BCUT2D eigenvalue weighted by Crippen LogP contribution is -2.39. The number of benzene rings is 1. The van der Waals surface area contributed by atoms with Gasteiger partial charge in [-0.3, -0.25) is 14.7 Å². The van der Waals surface area contributed by atoms with E-state index in [-0.39, 0.29) is 6.04 Å². The number of urea groups is 1. The molecule has 1 aromatic carbocycles. The van der Waals surface area contributed by atoms with E-state index in [9.17, 15) is 9.59 Å². The molecule has 9 heteroatoms. The molecule has 1 fully saturated rings. The van der Waals surface area contributed by atoms with Crippen LogP contribution < -0.4 is 15.8 Å². The molecule has 1 saturated carbocycles. The van der Waals surface area contributed by atoms with Crippen LogP contribution in [0.5, 0.6) is 5.75 Å². The Balaban J connectivity index is 1.92. The molecule has 0 unspecified atom stereocenters. The van der Waals surface area contributed by atoms with Crippen LogP contribution in [0.25, 0.3) is 11.4 Å². The first-order valence-corrected chi connectivity index (χ1v) is 10.2. The van der Waals surface area contributed by atoms with Crippen molar-refractivity contribution in [3.63, 3.8) is 0 Å². The predicted molar refractivity (Wildman–Crippen MR) is 107 cm³/mol. The minimum absolute atomic E-state index is 0.287. The number of thioether (sulfide) groups is 1. The van der Waals surface area contributed by atoms with Crippen molar-refractivity contribution in [3.05, 3.63) is 24.3 Å². The molecule has 1 atom stereocenters. The Morgan fingerprint density at radius 1 is 1.21 bits per heavy atom. The number of ether oxygens (including phenoxy) is 1. The number of amides is 3. The molecule has 28 heavy (non-hydrogen) atoms. The van der Waals surface area contributed by atoms with Crippen molar-refractivity contribution >= 4 is 23.7 Å². The molecule has 2 aromatic rings. The maximum atomic E-state index is 12.1. The molecule has 3 rings (SSSR count). The van der Waals surface area contributed by atoms with Gasteiger partial charge in [0.15, 0.2) is 11.0 Å². The average molecular weight is 404 g/mol. The highest BCUT2D eigenvalue weighted by atomic mass is 32.2. The molecular weight excluding hydrogens is 378 g/mol. The summed E-state index contributed by atoms with van der Waals surface area (Å²) in [5.41, 5.74) is 6.00. The Labute approximate surface area is 168 Å². The van der Waals surface area contributed by atoms with Crippen molar-refractivity contribution in [3.8, 4) is 17.1 Å². The third-order valence-corrected chi connectivity index (χ3v) is 5.91. The molecule has 1 aliphatic rings. The Bertz CT molecular complexity index is 831. The molecule has 1 aromatic heterocycles. The number of rotatable bonds is 6. The first-order valence-electron chi connectivity index (χ1n) is 9.36. The van der Waals surface area contributed by atoms with Crippen LogP contribution in [0.3, 0.4) is 0 Å². The van der Waals surface area contributed by atoms with Gasteiger partial charge >= 0.3 is 6.03 Å². The number of nitrogens with zero attached hydrogens (tertiary/aromatic N) is 3. The maximum absolute atomic E-state index is 12.1. The highest BCUT2D eigenvalue weighted by molar-refractivity contribution is 8.00. The van der Waals surface area contributed by atoms with Crippen molar-refractivity contribution in [2.24, 2.45) is 5.73 Å². The molecule has 0 saturated heterocycles. The van der Waals surface area contributed by atoms with Crippen LogP contribution in [0, 0.1) is 0 Å². The second-order valence-corrected chi connectivity index (χ2v) is 8.12. The number of imide groups is 1. The van der Waals surface area contributed by atoms with Gasteiger partial charge < -0.3 is 10.5 Å². The highest BCUT2D eigenvalue weighted by Crippen LogP contribution is 2.36. The van der Waals surface area contributed by atoms with Crippen LogP contribution in [0.15, 0.2) is 29.4 Å². The van der Waals surface area contributed by atoms with Gasteiger partial charge in [-0.05, 0) is 44.0 Å². The van der Waals surface area contributed by atoms with E-state index in [1.54, 1.807) is 14.0 Å². The summed E-state index contributed by atoms with van der Waals surface area (Å²) < 4.78 is 7.38. The van der Waals surface area contributed by atoms with E-state index in [0.29, 0.717) is 5.16 Å². The molecular formula is C19H25N5O3S. The van der Waals surface area contributed by atoms with Gasteiger partial charge in [-0.15, -0.1) is 10.2 Å². The smallest absolute Gasteiger partial charge is 0.318 e. The van der Waals surface area contributed by atoms with Crippen LogP contribution >= 0.6 is 11.8 Å². The fourth-order valence-corrected chi connectivity index (χ4v) is 4.32. The summed E-state index contributed by atoms with van der Waals surface area (Å²) in [6.07, 6.45) is 5.66. The third kappa shape index (κ3) is 4.64. The minimum atomic E-state index is -0.856. The zero-order valence-electron chi connectivity index (χ0n) is 16.1. The normalized spacial score (nSPS) is 15.8. The Morgan fingerprint density at radius 2 is 1.89 bits per heavy atom. The summed E-state index contributed by atoms with van der Waals surface area (Å²) in [5, 5.41) is 11.0. The summed E-state index contributed by atoms with van der Waals surface area (Å²) in [4.78, 5) is 23.0. The number of aromatic nitrogens is 3. The molecule has 8 nitrogen and oxygen atoms in total. The first-order chi connectivity index (χ1) is 13.5. The number of primary amides is 1. The summed E-state index contributed by atoms with van der Waals surface area (Å²) >= 11 is 1.28. The van der Waals surface area contributed by atoms with Crippen molar-refractivity contribution in [2.45, 2.75) is 55.5 Å². The number of hydrogen-bond acceptors (Lipinski definition) is 6. The van der Waals surface area contributed by atoms with Gasteiger partial charge in [0.05, 0.1) is 12.4 Å². The van der Waals surface area contributed by atoms with E-state index in [0.717, 1.165) is 42.8 Å². The van der Waals surface area contributed by atoms with Crippen LogP contribution in [-0.4, -0.2) is 39.1 Å². The van der Waals surface area contributed by atoms with Gasteiger partial charge in [0.1, 0.15) is 5.75 Å². The van der Waals surface area contributed by atoms with Crippen LogP contribution in [0.1, 0.15) is 45.1 Å². The summed E-state index contributed by atoms with van der Waals surface area (Å²) in [6.45, 7) is 1.72. The number of nitrogens with one attached hydrogen (secondary N) is 1. The molecule has 3 N–H and O–H groups in total. The maximum Gasteiger partial charge on any atom is 0.318 e. The quantitative estimate of drug-likeness (QED) is 0.717. The molecule has 0 aliphatic heterocycles. The molecule has 0 radical (unpaired) electrons. The molecule has 0 bridgehead atoms. The SMILES string of the molecule is COc1ccc(-c2nnc(S[C@H](C)C(=O)NC(N)=O)n2C2CCCCC2)cc1. The van der Waals surface area contributed by atoms with E-state index in [2.05, 4.69) is 20.1 Å². The topological polar surface area (TPSA) is 112 Å². The van der Waals surface area contributed by atoms with Crippen molar-refractivity contribution < 1.29 is 14.3 Å². The number of methoxy groups -OCH3 is 1. The zero-order valence-corrected chi connectivity index (χ0v) is 16.9. The van der Waals surface area contributed by atoms with Crippen molar-refractivity contribution in [1.29, 1.82) is 0 Å². The van der Waals surface area contributed by atoms with Gasteiger partial charge in [-0.25, -0.2) is 4.79 Å². The fraction of sp³-hybridized carbons (Fsp3) is 0.474. The standard InChI is InChI=1S/C19H25N5O3S/c1-12(17(25)21-18(20)26)28-19-23-22-16(13-8-10-15(27-2)11-9-13)24(19)14-6-4-3-5-7-14/h8-12,14H,3-7H2,1-2H3,(H3,20,21,25,26)/t12-/m1/s1. The van der Waals surface area contributed by atoms with Crippen molar-refractivity contribution in [1.82, 2.24) is 20.1 Å². The van der Waals surface area contributed by atoms with Crippen molar-refractivity contribution in [2.75, 3.05) is 7.11 Å². The summed E-state index contributed by atoms with van der Waals surface area (Å²) in [5.74, 6) is 1.11. The monoisotopic (exact) mass is 403 g/mol. The molecule has 3 amide bonds. The van der Waals surface area contributed by atoms with Gasteiger partial charge in [-0.2, -0.15) is 0 Å². The molecule has 1 aliphatic carbocycles. The molecule has 0 spiro atoms. The predicted octanol–water partition coefficient (Wildman–Crippen LogP) is 3.13. The third-order valence-electron chi connectivity index (χ3n) is 4.85. The van der Waals surface area contributed by atoms with Crippen LogP contribution in [0.2, 0.25) is 0 Å². The van der Waals surface area contributed by atoms with Gasteiger partial charge in [0.2, 0.25) is 5.91 Å². The van der Waals surface area contributed by atoms with Gasteiger partial charge in [0.25, 0.3) is 0 Å². The fourth-order valence-electron chi connectivity index (χ4n) is 3.40. The second-order valence-electron chi connectivity index (χ2n) is 6.81. The summed E-state index contributed by atoms with van der Waals surface area (Å²) in [6, 6.07) is 7.13. The lowest BCUT2D eigenvalue weighted by molar-refractivity contribution is -0.119. The van der Waals surface area contributed by atoms with E-state index < -0.39 is 17.2 Å². The lowest BCUT2D eigenvalue weighted by atomic mass is 9.95. The van der Waals surface area contributed by atoms with Crippen LogP contribution in [-0.2, 0) is 4.79 Å². The highest BCUT2D eigenvalue weighted by Gasteiger charge is 2.26. The van der Waals surface area contributed by atoms with Gasteiger partial charge in [-0.1, -0.05) is 31.0 Å². The average Bonchev–Trinajstić information content (AvgIpc) is 3.11. The Hall–Kier alpha value is -2.55. The second kappa shape index (κ2) is 9.09. The zero-order chi connectivity index (χ0) is 20.1. The Kier molecular flexibility index (Phi) is 6.56.